The number of rotatable bonds is 5. The highest BCUT2D eigenvalue weighted by atomic mass is 35.5. The number of halogens is 1. The van der Waals surface area contributed by atoms with E-state index in [-0.39, 0.29) is 6.61 Å². The van der Waals surface area contributed by atoms with Gasteiger partial charge < -0.3 is 10.8 Å². The highest BCUT2D eigenvalue weighted by molar-refractivity contribution is 6.30. The fourth-order valence-corrected chi connectivity index (χ4v) is 1.80. The van der Waals surface area contributed by atoms with E-state index in [1.54, 1.807) is 0 Å². The zero-order valence-corrected chi connectivity index (χ0v) is 9.80. The summed E-state index contributed by atoms with van der Waals surface area (Å²) < 4.78 is 0. The Balaban J connectivity index is 2.89. The summed E-state index contributed by atoms with van der Waals surface area (Å²) in [7, 11) is 0. The lowest BCUT2D eigenvalue weighted by atomic mass is 9.87. The van der Waals surface area contributed by atoms with Crippen molar-refractivity contribution in [3.63, 3.8) is 0 Å². The molecule has 0 fully saturated rings. The van der Waals surface area contributed by atoms with Gasteiger partial charge in [0.05, 0.1) is 12.1 Å². The van der Waals surface area contributed by atoms with E-state index in [1.165, 1.54) is 0 Å². The first-order valence-corrected chi connectivity index (χ1v) is 5.66. The molecule has 3 heteroatoms. The van der Waals surface area contributed by atoms with Crippen LogP contribution in [-0.4, -0.2) is 11.7 Å². The number of hydrogen-bond acceptors (Lipinski definition) is 2. The number of aliphatic hydroxyl groups excluding tert-OH is 1. The maximum Gasteiger partial charge on any atom is 0.0653 e. The molecule has 84 valence electrons. The van der Waals surface area contributed by atoms with Gasteiger partial charge in [-0.05, 0) is 24.1 Å². The third-order valence-corrected chi connectivity index (χ3v) is 2.89. The van der Waals surface area contributed by atoms with Crippen molar-refractivity contribution in [1.29, 1.82) is 0 Å². The highest BCUT2D eigenvalue weighted by Gasteiger charge is 2.25. The number of nitrogens with two attached hydrogens (primary N) is 1. The van der Waals surface area contributed by atoms with E-state index in [0.717, 1.165) is 24.8 Å². The van der Waals surface area contributed by atoms with Gasteiger partial charge >= 0.3 is 0 Å². The summed E-state index contributed by atoms with van der Waals surface area (Å²) in [6.45, 7) is 2.06. The zero-order valence-electron chi connectivity index (χ0n) is 9.04. The second-order valence-corrected chi connectivity index (χ2v) is 4.36. The van der Waals surface area contributed by atoms with E-state index in [0.29, 0.717) is 5.02 Å². The topological polar surface area (TPSA) is 46.2 Å². The molecule has 15 heavy (non-hydrogen) atoms. The Bertz CT molecular complexity index is 316. The molecule has 0 saturated carbocycles. The van der Waals surface area contributed by atoms with E-state index < -0.39 is 5.54 Å². The Hall–Kier alpha value is -0.570. The first-order valence-electron chi connectivity index (χ1n) is 5.28. The molecule has 0 saturated heterocycles. The second kappa shape index (κ2) is 5.50. The standard InChI is InChI=1S/C12H18ClNO/c1-2-3-7-12(14,9-15)10-5-4-6-11(13)8-10/h4-6,8,15H,2-3,7,9,14H2,1H3/t12-/m0/s1. The van der Waals surface area contributed by atoms with Gasteiger partial charge in [-0.2, -0.15) is 0 Å². The van der Waals surface area contributed by atoms with Crippen LogP contribution in [0.5, 0.6) is 0 Å². The van der Waals surface area contributed by atoms with E-state index in [9.17, 15) is 5.11 Å². The van der Waals surface area contributed by atoms with Crippen LogP contribution in [0.4, 0.5) is 0 Å². The van der Waals surface area contributed by atoms with E-state index in [2.05, 4.69) is 6.92 Å². The van der Waals surface area contributed by atoms with Crippen molar-refractivity contribution in [2.75, 3.05) is 6.61 Å². The van der Waals surface area contributed by atoms with Crippen molar-refractivity contribution < 1.29 is 5.11 Å². The minimum atomic E-state index is -0.652. The molecule has 0 aromatic heterocycles. The molecule has 3 N–H and O–H groups in total. The Kier molecular flexibility index (Phi) is 4.58. The summed E-state index contributed by atoms with van der Waals surface area (Å²) in [4.78, 5) is 0. The Labute approximate surface area is 96.1 Å². The Morgan fingerprint density at radius 2 is 2.20 bits per heavy atom. The average Bonchev–Trinajstić information content (AvgIpc) is 2.26. The lowest BCUT2D eigenvalue weighted by Crippen LogP contribution is -2.40. The molecule has 0 aliphatic rings. The van der Waals surface area contributed by atoms with Crippen LogP contribution in [0.3, 0.4) is 0 Å². The SMILES string of the molecule is CCCC[C@](N)(CO)c1cccc(Cl)c1. The molecule has 0 amide bonds. The van der Waals surface area contributed by atoms with Gasteiger partial charge in [-0.1, -0.05) is 43.5 Å². The quantitative estimate of drug-likeness (QED) is 0.813. The largest absolute Gasteiger partial charge is 0.394 e. The van der Waals surface area contributed by atoms with Crippen LogP contribution in [0.25, 0.3) is 0 Å². The highest BCUT2D eigenvalue weighted by Crippen LogP contribution is 2.26. The van der Waals surface area contributed by atoms with Crippen LogP contribution >= 0.6 is 11.6 Å². The van der Waals surface area contributed by atoms with Crippen molar-refractivity contribution in [2.45, 2.75) is 31.7 Å². The number of aliphatic hydroxyl groups is 1. The molecule has 1 atom stereocenters. The molecule has 0 heterocycles. The third kappa shape index (κ3) is 3.20. The van der Waals surface area contributed by atoms with Crippen LogP contribution < -0.4 is 5.73 Å². The monoisotopic (exact) mass is 227 g/mol. The summed E-state index contributed by atoms with van der Waals surface area (Å²) in [6, 6.07) is 7.41. The van der Waals surface area contributed by atoms with Gasteiger partial charge in [0.1, 0.15) is 0 Å². The van der Waals surface area contributed by atoms with Crippen LogP contribution in [0.2, 0.25) is 5.02 Å². The van der Waals surface area contributed by atoms with Crippen molar-refractivity contribution in [3.8, 4) is 0 Å². The molecular formula is C12H18ClNO. The minimum Gasteiger partial charge on any atom is -0.394 e. The summed E-state index contributed by atoms with van der Waals surface area (Å²) in [6.07, 6.45) is 2.85. The predicted molar refractivity (Wildman–Crippen MR) is 63.9 cm³/mol. The molecule has 2 nitrogen and oxygen atoms in total. The fraction of sp³-hybridized carbons (Fsp3) is 0.500. The van der Waals surface area contributed by atoms with Crippen LogP contribution in [0, 0.1) is 0 Å². The maximum atomic E-state index is 9.39. The van der Waals surface area contributed by atoms with Crippen LogP contribution in [0.15, 0.2) is 24.3 Å². The minimum absolute atomic E-state index is 0.0483. The lowest BCUT2D eigenvalue weighted by Gasteiger charge is -2.27. The second-order valence-electron chi connectivity index (χ2n) is 3.93. The lowest BCUT2D eigenvalue weighted by molar-refractivity contribution is 0.185. The van der Waals surface area contributed by atoms with Gasteiger partial charge in [-0.25, -0.2) is 0 Å². The van der Waals surface area contributed by atoms with E-state index in [1.807, 2.05) is 24.3 Å². The maximum absolute atomic E-state index is 9.39. The van der Waals surface area contributed by atoms with Gasteiger partial charge in [-0.15, -0.1) is 0 Å². The molecule has 0 aliphatic heterocycles. The third-order valence-electron chi connectivity index (χ3n) is 2.66. The first kappa shape index (κ1) is 12.5. The predicted octanol–water partition coefficient (Wildman–Crippen LogP) is 2.68. The average molecular weight is 228 g/mol. The zero-order chi connectivity index (χ0) is 11.3. The molecule has 0 bridgehead atoms. The summed E-state index contributed by atoms with van der Waals surface area (Å²) in [5, 5.41) is 10.0. The fourth-order valence-electron chi connectivity index (χ4n) is 1.61. The first-order chi connectivity index (χ1) is 7.12. The summed E-state index contributed by atoms with van der Waals surface area (Å²) >= 11 is 5.90. The number of hydrogen-bond donors (Lipinski definition) is 2. The number of unbranched alkanes of at least 4 members (excludes halogenated alkanes) is 1. The molecule has 0 spiro atoms. The van der Waals surface area contributed by atoms with Crippen molar-refractivity contribution in [2.24, 2.45) is 5.73 Å². The molecule has 0 unspecified atom stereocenters. The molecule has 1 rings (SSSR count). The van der Waals surface area contributed by atoms with Gasteiger partial charge in [0.2, 0.25) is 0 Å². The van der Waals surface area contributed by atoms with Crippen molar-refractivity contribution >= 4 is 11.6 Å². The molecule has 0 aliphatic carbocycles. The van der Waals surface area contributed by atoms with Gasteiger partial charge in [0.15, 0.2) is 0 Å². The Morgan fingerprint density at radius 1 is 1.47 bits per heavy atom. The van der Waals surface area contributed by atoms with Crippen molar-refractivity contribution in [3.05, 3.63) is 34.9 Å². The smallest absolute Gasteiger partial charge is 0.0653 e. The molecular weight excluding hydrogens is 210 g/mol. The van der Waals surface area contributed by atoms with Crippen LogP contribution in [-0.2, 0) is 5.54 Å². The normalized spacial score (nSPS) is 14.9. The van der Waals surface area contributed by atoms with E-state index in [4.69, 9.17) is 17.3 Å². The summed E-state index contributed by atoms with van der Waals surface area (Å²) in [5.74, 6) is 0. The Morgan fingerprint density at radius 3 is 2.73 bits per heavy atom. The van der Waals surface area contributed by atoms with Crippen LogP contribution in [0.1, 0.15) is 31.7 Å². The molecule has 0 radical (unpaired) electrons. The molecule has 1 aromatic carbocycles. The van der Waals surface area contributed by atoms with Gasteiger partial charge in [-0.3, -0.25) is 0 Å². The summed E-state index contributed by atoms with van der Waals surface area (Å²) in [5.41, 5.74) is 6.42. The number of benzene rings is 1. The molecule has 1 aromatic rings. The van der Waals surface area contributed by atoms with Gasteiger partial charge in [0.25, 0.3) is 0 Å². The van der Waals surface area contributed by atoms with Gasteiger partial charge in [0, 0.05) is 5.02 Å². The van der Waals surface area contributed by atoms with E-state index >= 15 is 0 Å². The van der Waals surface area contributed by atoms with Crippen molar-refractivity contribution in [1.82, 2.24) is 0 Å².